The van der Waals surface area contributed by atoms with E-state index < -0.39 is 7.82 Å². The van der Waals surface area contributed by atoms with Crippen molar-refractivity contribution in [1.29, 1.82) is 0 Å². The van der Waals surface area contributed by atoms with Gasteiger partial charge in [0.25, 0.3) is 7.82 Å². The first-order chi connectivity index (χ1) is 18.3. The van der Waals surface area contributed by atoms with Crippen LogP contribution >= 0.6 is 7.82 Å². The molecule has 226 valence electrons. The van der Waals surface area contributed by atoms with E-state index in [1.165, 1.54) is 45.1 Å². The zero-order chi connectivity index (χ0) is 28.7. The Morgan fingerprint density at radius 1 is 0.737 bits per heavy atom. The van der Waals surface area contributed by atoms with Crippen LogP contribution in [-0.4, -0.2) is 17.8 Å². The van der Waals surface area contributed by atoms with Crippen LogP contribution in [0.2, 0.25) is 0 Å². The maximum atomic E-state index is 11.8. The molecule has 0 saturated carbocycles. The quantitative estimate of drug-likeness (QED) is 0.0995. The van der Waals surface area contributed by atoms with Crippen LogP contribution in [0, 0.1) is 17.8 Å². The topological polar surface area (TPSA) is 67.4 Å². The van der Waals surface area contributed by atoms with Gasteiger partial charge in [-0.05, 0) is 49.9 Å². The Balaban J connectivity index is 0.000000735. The summed E-state index contributed by atoms with van der Waals surface area (Å²) < 4.78 is 26.6. The molecule has 0 aliphatic heterocycles. The number of phosphoric acid groups is 1. The molecule has 0 aliphatic rings. The number of aryl methyl sites for hydroxylation is 1. The third-order valence-electron chi connectivity index (χ3n) is 7.55. The van der Waals surface area contributed by atoms with Gasteiger partial charge in [-0.15, -0.1) is 0 Å². The van der Waals surface area contributed by atoms with Crippen molar-refractivity contribution in [3.63, 3.8) is 0 Å². The van der Waals surface area contributed by atoms with Gasteiger partial charge in [0.1, 0.15) is 12.4 Å². The summed E-state index contributed by atoms with van der Waals surface area (Å²) in [7, 11) is -4.14. The molecule has 0 radical (unpaired) electrons. The molecule has 0 fully saturated rings. The zero-order valence-electron chi connectivity index (χ0n) is 26.2. The minimum absolute atomic E-state index is 0.253. The second-order valence-electron chi connectivity index (χ2n) is 11.0. The van der Waals surface area contributed by atoms with Crippen LogP contribution in [-0.2, 0) is 26.7 Å². The van der Waals surface area contributed by atoms with Crippen LogP contribution < -0.4 is 9.46 Å². The molecule has 0 amide bonds. The molecule has 1 aromatic heterocycles. The number of imidazole rings is 1. The fourth-order valence-electron chi connectivity index (χ4n) is 4.46. The normalized spacial score (nSPS) is 15.4. The van der Waals surface area contributed by atoms with Crippen molar-refractivity contribution >= 4 is 7.82 Å². The largest absolute Gasteiger partial charge is 0.756 e. The molecular weight excluding hydrogens is 495 g/mol. The van der Waals surface area contributed by atoms with Crippen LogP contribution in [0.25, 0.3) is 0 Å². The third kappa shape index (κ3) is 19.4. The van der Waals surface area contributed by atoms with Crippen molar-refractivity contribution in [3.05, 3.63) is 18.7 Å². The molecular formula is C31H63N2O4P. The van der Waals surface area contributed by atoms with E-state index in [1.54, 1.807) is 0 Å². The summed E-state index contributed by atoms with van der Waals surface area (Å²) in [5, 5.41) is 0. The molecule has 7 heteroatoms. The van der Waals surface area contributed by atoms with E-state index in [2.05, 4.69) is 76.3 Å². The van der Waals surface area contributed by atoms with Gasteiger partial charge in [0.2, 0.25) is 6.33 Å². The first kappa shape index (κ1) is 37.3. The molecule has 0 aromatic carbocycles. The SMILES string of the molecule is CCCCC(CC)COP(=O)([O-])OCC(CC)CCCC.CCCCC(CC)C[n+]1ccn(CCCC)c1. The maximum Gasteiger partial charge on any atom is 0.267 e. The number of phosphoric ester groups is 1. The van der Waals surface area contributed by atoms with Crippen molar-refractivity contribution in [1.82, 2.24) is 4.57 Å². The number of hydrogen-bond acceptors (Lipinski definition) is 4. The molecule has 0 bridgehead atoms. The first-order valence-electron chi connectivity index (χ1n) is 15.9. The van der Waals surface area contributed by atoms with E-state index in [1.807, 2.05) is 0 Å². The number of hydrogen-bond donors (Lipinski definition) is 0. The van der Waals surface area contributed by atoms with E-state index in [9.17, 15) is 9.46 Å². The highest BCUT2D eigenvalue weighted by atomic mass is 31.2. The predicted octanol–water partition coefficient (Wildman–Crippen LogP) is 8.71. The highest BCUT2D eigenvalue weighted by Crippen LogP contribution is 2.40. The van der Waals surface area contributed by atoms with Crippen molar-refractivity contribution in [2.24, 2.45) is 17.8 Å². The third-order valence-corrected chi connectivity index (χ3v) is 8.48. The van der Waals surface area contributed by atoms with Crippen molar-refractivity contribution in [3.8, 4) is 0 Å². The molecule has 38 heavy (non-hydrogen) atoms. The van der Waals surface area contributed by atoms with E-state index in [0.29, 0.717) is 11.8 Å². The van der Waals surface area contributed by atoms with Gasteiger partial charge in [-0.2, -0.15) is 0 Å². The van der Waals surface area contributed by atoms with Crippen molar-refractivity contribution < 1.29 is 23.1 Å². The molecule has 3 atom stereocenters. The summed E-state index contributed by atoms with van der Waals surface area (Å²) in [6, 6.07) is 0. The number of aromatic nitrogens is 2. The molecule has 3 unspecified atom stereocenters. The van der Waals surface area contributed by atoms with E-state index in [0.717, 1.165) is 63.8 Å². The Hall–Kier alpha value is -0.680. The highest BCUT2D eigenvalue weighted by Gasteiger charge is 2.16. The monoisotopic (exact) mass is 558 g/mol. The van der Waals surface area contributed by atoms with Crippen LogP contribution in [0.15, 0.2) is 18.7 Å². The molecule has 0 N–H and O–H groups in total. The Morgan fingerprint density at radius 3 is 1.61 bits per heavy atom. The van der Waals surface area contributed by atoms with Gasteiger partial charge < -0.3 is 13.9 Å². The summed E-state index contributed by atoms with van der Waals surface area (Å²) in [5.74, 6) is 1.46. The van der Waals surface area contributed by atoms with Gasteiger partial charge in [-0.25, -0.2) is 9.13 Å². The Labute approximate surface area is 236 Å². The van der Waals surface area contributed by atoms with Gasteiger partial charge in [0, 0.05) is 0 Å². The van der Waals surface area contributed by atoms with E-state index in [-0.39, 0.29) is 13.2 Å². The predicted molar refractivity (Wildman–Crippen MR) is 159 cm³/mol. The zero-order valence-corrected chi connectivity index (χ0v) is 27.1. The molecule has 1 aromatic rings. The van der Waals surface area contributed by atoms with Crippen molar-refractivity contribution in [2.75, 3.05) is 13.2 Å². The van der Waals surface area contributed by atoms with Crippen molar-refractivity contribution in [2.45, 2.75) is 151 Å². The Morgan fingerprint density at radius 2 is 1.18 bits per heavy atom. The number of rotatable bonds is 23. The van der Waals surface area contributed by atoms with Gasteiger partial charge in [-0.1, -0.05) is 106 Å². The second-order valence-corrected chi connectivity index (χ2v) is 12.4. The lowest BCUT2D eigenvalue weighted by Crippen LogP contribution is -2.35. The summed E-state index contributed by atoms with van der Waals surface area (Å²) in [4.78, 5) is 11.8. The van der Waals surface area contributed by atoms with Crippen LogP contribution in [0.1, 0.15) is 138 Å². The standard InChI is InChI=1S/C16H35O4P.C15H29N2/c1-5-9-11-15(7-3)13-19-21(17,18)20-14-16(8-4)12-10-6-2;1-4-7-9-15(6-3)13-17-12-11-16(14-17)10-8-5-2/h15-16H,5-14H2,1-4H3,(H,17,18);11-12,14-15H,4-10,13H2,1-3H3/q;+1/p-1. The van der Waals surface area contributed by atoms with E-state index >= 15 is 0 Å². The number of nitrogens with zero attached hydrogens (tertiary/aromatic N) is 2. The maximum absolute atomic E-state index is 11.8. The minimum atomic E-state index is -4.14. The molecule has 0 saturated heterocycles. The summed E-state index contributed by atoms with van der Waals surface area (Å²) in [6.45, 7) is 18.1. The molecule has 1 heterocycles. The Bertz CT molecular complexity index is 673. The second kappa shape index (κ2) is 24.1. The van der Waals surface area contributed by atoms with Crippen LogP contribution in [0.5, 0.6) is 0 Å². The highest BCUT2D eigenvalue weighted by molar-refractivity contribution is 7.45. The summed E-state index contributed by atoms with van der Waals surface area (Å²) >= 11 is 0. The van der Waals surface area contributed by atoms with Gasteiger partial charge >= 0.3 is 0 Å². The van der Waals surface area contributed by atoms with Gasteiger partial charge in [0.05, 0.1) is 26.3 Å². The fraction of sp³-hybridized carbons (Fsp3) is 0.903. The molecule has 6 nitrogen and oxygen atoms in total. The smallest absolute Gasteiger partial charge is 0.267 e. The van der Waals surface area contributed by atoms with E-state index in [4.69, 9.17) is 9.05 Å². The number of unbranched alkanes of at least 4 members (excludes halogenated alkanes) is 4. The first-order valence-corrected chi connectivity index (χ1v) is 17.4. The van der Waals surface area contributed by atoms with Gasteiger partial charge in [0.15, 0.2) is 0 Å². The average Bonchev–Trinajstić information content (AvgIpc) is 3.37. The van der Waals surface area contributed by atoms with Crippen LogP contribution in [0.4, 0.5) is 0 Å². The average molecular weight is 559 g/mol. The Kier molecular flexibility index (Phi) is 23.7. The lowest BCUT2D eigenvalue weighted by atomic mass is 9.99. The van der Waals surface area contributed by atoms with Crippen LogP contribution in [0.3, 0.4) is 0 Å². The lowest BCUT2D eigenvalue weighted by molar-refractivity contribution is -0.703. The fourth-order valence-corrected chi connectivity index (χ4v) is 5.32. The minimum Gasteiger partial charge on any atom is -0.756 e. The summed E-state index contributed by atoms with van der Waals surface area (Å²) in [6.07, 6.45) is 23.0. The molecule has 1 rings (SSSR count). The lowest BCUT2D eigenvalue weighted by Gasteiger charge is -2.27. The van der Waals surface area contributed by atoms with Gasteiger partial charge in [-0.3, -0.25) is 4.57 Å². The summed E-state index contributed by atoms with van der Waals surface area (Å²) in [5.41, 5.74) is 0. The molecule has 0 spiro atoms. The molecule has 0 aliphatic carbocycles.